The van der Waals surface area contributed by atoms with Crippen molar-refractivity contribution in [2.24, 2.45) is 11.3 Å². The zero-order valence-electron chi connectivity index (χ0n) is 10.9. The van der Waals surface area contributed by atoms with E-state index in [1.165, 1.54) is 38.5 Å². The van der Waals surface area contributed by atoms with Gasteiger partial charge in [0, 0.05) is 12.0 Å². The Morgan fingerprint density at radius 1 is 1.25 bits per heavy atom. The molecule has 1 saturated carbocycles. The first-order valence-corrected chi connectivity index (χ1v) is 6.72. The van der Waals surface area contributed by atoms with Crippen molar-refractivity contribution in [1.82, 2.24) is 5.32 Å². The first-order chi connectivity index (χ1) is 7.41. The van der Waals surface area contributed by atoms with Crippen LogP contribution in [0.2, 0.25) is 0 Å². The Kier molecular flexibility index (Phi) is 3.02. The summed E-state index contributed by atoms with van der Waals surface area (Å²) in [6.07, 6.45) is 8.28. The quantitative estimate of drug-likeness (QED) is 0.726. The van der Waals surface area contributed by atoms with Crippen molar-refractivity contribution in [3.05, 3.63) is 0 Å². The number of hydrogen-bond donors (Lipinski definition) is 1. The van der Waals surface area contributed by atoms with Crippen LogP contribution in [0.5, 0.6) is 0 Å². The lowest BCUT2D eigenvalue weighted by molar-refractivity contribution is -0.120. The Balaban J connectivity index is 2.12. The fourth-order valence-electron chi connectivity index (χ4n) is 3.57. The van der Waals surface area contributed by atoms with Crippen LogP contribution in [0.4, 0.5) is 0 Å². The molecule has 0 bridgehead atoms. The summed E-state index contributed by atoms with van der Waals surface area (Å²) in [5.74, 6) is 0.858. The van der Waals surface area contributed by atoms with Crippen LogP contribution in [0.25, 0.3) is 0 Å². The molecule has 16 heavy (non-hydrogen) atoms. The van der Waals surface area contributed by atoms with Crippen LogP contribution in [0.15, 0.2) is 0 Å². The molecule has 1 unspecified atom stereocenters. The Bertz CT molecular complexity index is 271. The predicted molar refractivity (Wildman–Crippen MR) is 66.1 cm³/mol. The summed E-state index contributed by atoms with van der Waals surface area (Å²) < 4.78 is 0. The van der Waals surface area contributed by atoms with Gasteiger partial charge in [-0.05, 0) is 30.6 Å². The molecule has 1 aliphatic carbocycles. The highest BCUT2D eigenvalue weighted by Crippen LogP contribution is 2.44. The summed E-state index contributed by atoms with van der Waals surface area (Å²) in [4.78, 5) is 11.7. The smallest absolute Gasteiger partial charge is 0.220 e. The van der Waals surface area contributed by atoms with Crippen LogP contribution >= 0.6 is 0 Å². The Morgan fingerprint density at radius 3 is 2.44 bits per heavy atom. The lowest BCUT2D eigenvalue weighted by atomic mass is 9.69. The molecule has 0 radical (unpaired) electrons. The molecular weight excluding hydrogens is 198 g/mol. The molecule has 1 heterocycles. The van der Waals surface area contributed by atoms with Gasteiger partial charge in [0.1, 0.15) is 0 Å². The molecule has 2 fully saturated rings. The van der Waals surface area contributed by atoms with Gasteiger partial charge >= 0.3 is 0 Å². The molecule has 2 nitrogen and oxygen atoms in total. The first-order valence-electron chi connectivity index (χ1n) is 6.72. The molecule has 0 aromatic carbocycles. The average Bonchev–Trinajstić information content (AvgIpc) is 2.41. The molecule has 1 aliphatic heterocycles. The second kappa shape index (κ2) is 4.05. The maximum atomic E-state index is 11.7. The van der Waals surface area contributed by atoms with Gasteiger partial charge in [-0.1, -0.05) is 40.0 Å². The summed E-state index contributed by atoms with van der Waals surface area (Å²) in [6, 6.07) is 0. The Hall–Kier alpha value is -0.530. The highest BCUT2D eigenvalue weighted by molar-refractivity contribution is 5.80. The van der Waals surface area contributed by atoms with E-state index in [2.05, 4.69) is 26.1 Å². The predicted octanol–water partition coefficient (Wildman–Crippen LogP) is 3.26. The molecule has 92 valence electrons. The van der Waals surface area contributed by atoms with Gasteiger partial charge in [-0.25, -0.2) is 0 Å². The highest BCUT2D eigenvalue weighted by Gasteiger charge is 2.47. The van der Waals surface area contributed by atoms with Crippen molar-refractivity contribution in [1.29, 1.82) is 0 Å². The fourth-order valence-corrected chi connectivity index (χ4v) is 3.57. The zero-order chi connectivity index (χ0) is 11.8. The number of carbonyl (C=O) groups excluding carboxylic acids is 1. The van der Waals surface area contributed by atoms with E-state index in [4.69, 9.17) is 0 Å². The van der Waals surface area contributed by atoms with Crippen LogP contribution in [-0.4, -0.2) is 11.4 Å². The van der Waals surface area contributed by atoms with E-state index >= 15 is 0 Å². The summed E-state index contributed by atoms with van der Waals surface area (Å²) >= 11 is 0. The molecule has 1 amide bonds. The van der Waals surface area contributed by atoms with Crippen LogP contribution in [0.3, 0.4) is 0 Å². The normalized spacial score (nSPS) is 29.4. The minimum absolute atomic E-state index is 0.169. The lowest BCUT2D eigenvalue weighted by Crippen LogP contribution is -2.48. The van der Waals surface area contributed by atoms with E-state index in [1.54, 1.807) is 0 Å². The molecule has 2 aliphatic rings. The van der Waals surface area contributed by atoms with E-state index in [-0.39, 0.29) is 11.4 Å². The summed E-state index contributed by atoms with van der Waals surface area (Å²) in [5, 5.41) is 3.30. The van der Waals surface area contributed by atoms with E-state index in [0.717, 1.165) is 6.42 Å². The molecule has 1 N–H and O–H groups in total. The van der Waals surface area contributed by atoms with E-state index in [0.29, 0.717) is 11.3 Å². The topological polar surface area (TPSA) is 29.1 Å². The standard InChI is InChI=1S/C14H25NO/c1-13(2,3)10-11-9-12(16)15-14(11)7-5-4-6-8-14/h11H,4-10H2,1-3H3,(H,15,16). The van der Waals surface area contributed by atoms with Crippen molar-refractivity contribution >= 4 is 5.91 Å². The third-order valence-electron chi connectivity index (χ3n) is 4.21. The van der Waals surface area contributed by atoms with Gasteiger partial charge in [-0.3, -0.25) is 4.79 Å². The zero-order valence-corrected chi connectivity index (χ0v) is 10.9. The third kappa shape index (κ3) is 2.41. The molecule has 2 heteroatoms. The Labute approximate surface area is 99.2 Å². The van der Waals surface area contributed by atoms with Gasteiger partial charge in [0.25, 0.3) is 0 Å². The van der Waals surface area contributed by atoms with Gasteiger partial charge in [0.2, 0.25) is 5.91 Å². The van der Waals surface area contributed by atoms with E-state index in [9.17, 15) is 4.79 Å². The van der Waals surface area contributed by atoms with Crippen LogP contribution in [0, 0.1) is 11.3 Å². The molecule has 1 atom stereocenters. The SMILES string of the molecule is CC(C)(C)CC1CC(=O)NC12CCCCC2. The second-order valence-corrected chi connectivity index (χ2v) is 6.93. The number of nitrogens with one attached hydrogen (secondary N) is 1. The Morgan fingerprint density at radius 2 is 1.88 bits per heavy atom. The fraction of sp³-hybridized carbons (Fsp3) is 0.929. The summed E-state index contributed by atoms with van der Waals surface area (Å²) in [5.41, 5.74) is 0.504. The average molecular weight is 223 g/mol. The molecule has 1 saturated heterocycles. The maximum Gasteiger partial charge on any atom is 0.220 e. The van der Waals surface area contributed by atoms with Gasteiger partial charge in [0.15, 0.2) is 0 Å². The van der Waals surface area contributed by atoms with Crippen molar-refractivity contribution in [2.45, 2.75) is 71.3 Å². The van der Waals surface area contributed by atoms with Crippen molar-refractivity contribution in [2.75, 3.05) is 0 Å². The number of hydrogen-bond acceptors (Lipinski definition) is 1. The second-order valence-electron chi connectivity index (χ2n) is 6.93. The summed E-state index contributed by atoms with van der Waals surface area (Å²) in [7, 11) is 0. The van der Waals surface area contributed by atoms with Crippen molar-refractivity contribution in [3.8, 4) is 0 Å². The van der Waals surface area contributed by atoms with Crippen LogP contribution in [0.1, 0.15) is 65.7 Å². The molecule has 2 rings (SSSR count). The molecule has 0 aromatic rings. The van der Waals surface area contributed by atoms with E-state index < -0.39 is 0 Å². The largest absolute Gasteiger partial charge is 0.350 e. The first kappa shape index (κ1) is 11.9. The number of amides is 1. The lowest BCUT2D eigenvalue weighted by Gasteiger charge is -2.40. The van der Waals surface area contributed by atoms with Gasteiger partial charge in [-0.15, -0.1) is 0 Å². The molecule has 1 spiro atoms. The number of carbonyl (C=O) groups is 1. The van der Waals surface area contributed by atoms with Gasteiger partial charge < -0.3 is 5.32 Å². The minimum atomic E-state index is 0.169. The van der Waals surface area contributed by atoms with Crippen LogP contribution in [-0.2, 0) is 4.79 Å². The third-order valence-corrected chi connectivity index (χ3v) is 4.21. The minimum Gasteiger partial charge on any atom is -0.350 e. The van der Waals surface area contributed by atoms with Crippen LogP contribution < -0.4 is 5.32 Å². The summed E-state index contributed by atoms with van der Waals surface area (Å²) in [6.45, 7) is 6.85. The molecular formula is C14H25NO. The van der Waals surface area contributed by atoms with Gasteiger partial charge in [-0.2, -0.15) is 0 Å². The van der Waals surface area contributed by atoms with Crippen molar-refractivity contribution in [3.63, 3.8) is 0 Å². The maximum absolute atomic E-state index is 11.7. The molecule has 0 aromatic heterocycles. The monoisotopic (exact) mass is 223 g/mol. The number of rotatable bonds is 1. The van der Waals surface area contributed by atoms with Gasteiger partial charge in [0.05, 0.1) is 0 Å². The highest BCUT2D eigenvalue weighted by atomic mass is 16.2. The van der Waals surface area contributed by atoms with Crippen molar-refractivity contribution < 1.29 is 4.79 Å². The van der Waals surface area contributed by atoms with E-state index in [1.807, 2.05) is 0 Å².